The Hall–Kier alpha value is -3.21. The van der Waals surface area contributed by atoms with E-state index in [4.69, 9.17) is 4.74 Å². The van der Waals surface area contributed by atoms with Gasteiger partial charge in [-0.1, -0.05) is 48.5 Å². The molecule has 5 heteroatoms. The highest BCUT2D eigenvalue weighted by molar-refractivity contribution is 6.12. The number of ketones is 1. The normalized spacial score (nSPS) is 11.2. The second-order valence-electron chi connectivity index (χ2n) is 5.51. The van der Waals surface area contributed by atoms with Crippen LogP contribution in [0.1, 0.15) is 15.9 Å². The number of hydrogen-bond acceptors (Lipinski definition) is 3. The Morgan fingerprint density at radius 1 is 1.00 bits per heavy atom. The van der Waals surface area contributed by atoms with Gasteiger partial charge in [-0.2, -0.15) is 8.78 Å². The van der Waals surface area contributed by atoms with Crippen molar-refractivity contribution in [2.45, 2.75) is 6.61 Å². The summed E-state index contributed by atoms with van der Waals surface area (Å²) in [5.74, 6) is 0.181. The van der Waals surface area contributed by atoms with E-state index in [0.717, 1.165) is 10.9 Å². The van der Waals surface area contributed by atoms with Crippen LogP contribution >= 0.6 is 0 Å². The molecule has 0 unspecified atom stereocenters. The summed E-state index contributed by atoms with van der Waals surface area (Å²) in [5, 5.41) is 1.19. The number of benzene rings is 3. The number of methoxy groups -OCH3 is 1. The minimum Gasteiger partial charge on any atom is -0.497 e. The molecule has 0 bridgehead atoms. The molecule has 3 rings (SSSR count). The zero-order chi connectivity index (χ0) is 18.5. The molecule has 0 heterocycles. The summed E-state index contributed by atoms with van der Waals surface area (Å²) in [4.78, 5) is 12.6. The molecule has 0 aromatic heterocycles. The molecule has 0 amide bonds. The van der Waals surface area contributed by atoms with Crippen molar-refractivity contribution in [2.24, 2.45) is 0 Å². The number of carbonyl (C=O) groups is 1. The summed E-state index contributed by atoms with van der Waals surface area (Å²) in [6.07, 6.45) is 2.95. The molecule has 0 aliphatic rings. The van der Waals surface area contributed by atoms with Crippen molar-refractivity contribution in [3.05, 3.63) is 77.9 Å². The van der Waals surface area contributed by atoms with Gasteiger partial charge in [0, 0.05) is 5.39 Å². The molecule has 0 fully saturated rings. The molecule has 0 saturated carbocycles. The van der Waals surface area contributed by atoms with Crippen LogP contribution in [0.4, 0.5) is 8.78 Å². The summed E-state index contributed by atoms with van der Waals surface area (Å²) < 4.78 is 35.4. The zero-order valence-electron chi connectivity index (χ0n) is 14.0. The van der Waals surface area contributed by atoms with Gasteiger partial charge in [-0.3, -0.25) is 4.79 Å². The fourth-order valence-corrected chi connectivity index (χ4v) is 2.63. The van der Waals surface area contributed by atoms with Gasteiger partial charge in [0.05, 0.1) is 12.7 Å². The highest BCUT2D eigenvalue weighted by atomic mass is 19.3. The third kappa shape index (κ3) is 3.88. The molecule has 0 N–H and O–H groups in total. The number of ether oxygens (including phenoxy) is 2. The number of fused-ring (bicyclic) bond motifs is 1. The van der Waals surface area contributed by atoms with Crippen molar-refractivity contribution in [3.8, 4) is 11.5 Å². The lowest BCUT2D eigenvalue weighted by Crippen LogP contribution is -2.07. The maximum Gasteiger partial charge on any atom is 0.387 e. The number of rotatable bonds is 6. The van der Waals surface area contributed by atoms with Crippen molar-refractivity contribution in [2.75, 3.05) is 7.11 Å². The van der Waals surface area contributed by atoms with Crippen molar-refractivity contribution in [3.63, 3.8) is 0 Å². The molecule has 0 aliphatic carbocycles. The van der Waals surface area contributed by atoms with E-state index in [1.54, 1.807) is 67.8 Å². The van der Waals surface area contributed by atoms with Crippen LogP contribution in [0.25, 0.3) is 16.8 Å². The van der Waals surface area contributed by atoms with E-state index in [-0.39, 0.29) is 11.3 Å². The van der Waals surface area contributed by atoms with Crippen molar-refractivity contribution in [1.82, 2.24) is 0 Å². The van der Waals surface area contributed by atoms with Crippen molar-refractivity contribution >= 4 is 22.6 Å². The van der Waals surface area contributed by atoms with E-state index in [0.29, 0.717) is 11.1 Å². The molecular formula is C21H16F2O3. The molecular weight excluding hydrogens is 338 g/mol. The number of allylic oxidation sites excluding steroid dienone is 1. The first-order chi connectivity index (χ1) is 12.6. The van der Waals surface area contributed by atoms with Gasteiger partial charge in [0.2, 0.25) is 0 Å². The van der Waals surface area contributed by atoms with Crippen LogP contribution in [0.2, 0.25) is 0 Å². The predicted molar refractivity (Wildman–Crippen MR) is 96.9 cm³/mol. The minimum absolute atomic E-state index is 0.0914. The first kappa shape index (κ1) is 17.6. The summed E-state index contributed by atoms with van der Waals surface area (Å²) in [6, 6.07) is 17.3. The summed E-state index contributed by atoms with van der Waals surface area (Å²) in [6.45, 7) is -3.02. The predicted octanol–water partition coefficient (Wildman–Crippen LogP) is 5.35. The summed E-state index contributed by atoms with van der Waals surface area (Å²) in [7, 11) is 1.57. The van der Waals surface area contributed by atoms with Crippen LogP contribution < -0.4 is 9.47 Å². The molecule has 3 aromatic carbocycles. The van der Waals surface area contributed by atoms with Gasteiger partial charge in [0.25, 0.3) is 0 Å². The average molecular weight is 354 g/mol. The summed E-state index contributed by atoms with van der Waals surface area (Å²) in [5.41, 5.74) is 0.880. The Labute approximate surface area is 149 Å². The Balaban J connectivity index is 1.95. The Bertz CT molecular complexity index is 947. The molecule has 0 spiro atoms. The van der Waals surface area contributed by atoms with Crippen molar-refractivity contribution < 1.29 is 23.0 Å². The maximum absolute atomic E-state index is 12.9. The van der Waals surface area contributed by atoms with E-state index in [9.17, 15) is 13.6 Å². The molecule has 3 aromatic rings. The fraction of sp³-hybridized carbons (Fsp3) is 0.0952. The lowest BCUT2D eigenvalue weighted by atomic mass is 10.0. The molecule has 0 aliphatic heterocycles. The fourth-order valence-electron chi connectivity index (χ4n) is 2.63. The molecule has 0 radical (unpaired) electrons. The third-order valence-electron chi connectivity index (χ3n) is 3.89. The quantitative estimate of drug-likeness (QED) is 0.442. The molecule has 0 saturated heterocycles. The highest BCUT2D eigenvalue weighted by Gasteiger charge is 2.17. The molecule has 132 valence electrons. The van der Waals surface area contributed by atoms with Gasteiger partial charge >= 0.3 is 6.61 Å². The molecule has 26 heavy (non-hydrogen) atoms. The zero-order valence-corrected chi connectivity index (χ0v) is 14.0. The van der Waals surface area contributed by atoms with Crippen LogP contribution in [0, 0.1) is 0 Å². The maximum atomic E-state index is 12.9. The number of hydrogen-bond donors (Lipinski definition) is 0. The average Bonchev–Trinajstić information content (AvgIpc) is 2.66. The van der Waals surface area contributed by atoms with Gasteiger partial charge in [-0.15, -0.1) is 0 Å². The van der Waals surface area contributed by atoms with Crippen LogP contribution in [0.15, 0.2) is 66.7 Å². The monoisotopic (exact) mass is 354 g/mol. The van der Waals surface area contributed by atoms with Crippen LogP contribution in [0.3, 0.4) is 0 Å². The standard InChI is InChI=1S/C21H16F2O3/c1-25-16-10-6-14(7-11-16)8-13-19(24)18-12-9-15-4-2-3-5-17(15)20(18)26-21(22)23/h2-13,21H,1H3. The number of halogens is 2. The van der Waals surface area contributed by atoms with E-state index < -0.39 is 12.4 Å². The van der Waals surface area contributed by atoms with Gasteiger partial charge in [0.1, 0.15) is 11.5 Å². The smallest absolute Gasteiger partial charge is 0.387 e. The van der Waals surface area contributed by atoms with E-state index in [1.165, 1.54) is 12.1 Å². The largest absolute Gasteiger partial charge is 0.497 e. The molecule has 0 atom stereocenters. The van der Waals surface area contributed by atoms with E-state index in [1.807, 2.05) is 0 Å². The lowest BCUT2D eigenvalue weighted by Gasteiger charge is -2.12. The van der Waals surface area contributed by atoms with Gasteiger partial charge in [-0.05, 0) is 35.2 Å². The van der Waals surface area contributed by atoms with Crippen LogP contribution in [0.5, 0.6) is 11.5 Å². The van der Waals surface area contributed by atoms with E-state index >= 15 is 0 Å². The van der Waals surface area contributed by atoms with Crippen molar-refractivity contribution in [1.29, 1.82) is 0 Å². The Kier molecular flexibility index (Phi) is 5.27. The van der Waals surface area contributed by atoms with Gasteiger partial charge in [0.15, 0.2) is 5.78 Å². The first-order valence-electron chi connectivity index (χ1n) is 7.91. The second kappa shape index (κ2) is 7.78. The number of alkyl halides is 2. The van der Waals surface area contributed by atoms with Crippen LogP contribution in [-0.2, 0) is 0 Å². The molecule has 3 nitrogen and oxygen atoms in total. The first-order valence-corrected chi connectivity index (χ1v) is 7.91. The minimum atomic E-state index is -3.02. The van der Waals surface area contributed by atoms with Gasteiger partial charge in [-0.25, -0.2) is 0 Å². The van der Waals surface area contributed by atoms with Gasteiger partial charge < -0.3 is 9.47 Å². The van der Waals surface area contributed by atoms with E-state index in [2.05, 4.69) is 4.74 Å². The topological polar surface area (TPSA) is 35.5 Å². The second-order valence-corrected chi connectivity index (χ2v) is 5.51. The highest BCUT2D eigenvalue weighted by Crippen LogP contribution is 2.32. The number of carbonyl (C=O) groups excluding carboxylic acids is 1. The summed E-state index contributed by atoms with van der Waals surface area (Å²) >= 11 is 0. The Morgan fingerprint density at radius 3 is 2.42 bits per heavy atom. The SMILES string of the molecule is COc1ccc(C=CC(=O)c2ccc3ccccc3c2OC(F)F)cc1. The van der Waals surface area contributed by atoms with Crippen LogP contribution in [-0.4, -0.2) is 19.5 Å². The Morgan fingerprint density at radius 2 is 1.73 bits per heavy atom. The lowest BCUT2D eigenvalue weighted by molar-refractivity contribution is -0.0490. The third-order valence-corrected chi connectivity index (χ3v) is 3.89.